The first kappa shape index (κ1) is 13.8. The van der Waals surface area contributed by atoms with Crippen LogP contribution in [0.3, 0.4) is 0 Å². The van der Waals surface area contributed by atoms with E-state index in [2.05, 4.69) is 12.2 Å². The Labute approximate surface area is 91.5 Å². The third-order valence-electron chi connectivity index (χ3n) is 2.30. The first-order chi connectivity index (χ1) is 6.18. The van der Waals surface area contributed by atoms with E-state index in [1.807, 2.05) is 20.8 Å². The van der Waals surface area contributed by atoms with E-state index in [1.165, 1.54) is 4.31 Å². The monoisotopic (exact) mass is 238 g/mol. The summed E-state index contributed by atoms with van der Waals surface area (Å²) in [6, 6.07) is -0.0469. The van der Waals surface area contributed by atoms with Crippen LogP contribution < -0.4 is 5.73 Å². The van der Waals surface area contributed by atoms with Crippen LogP contribution in [0, 0.1) is 5.92 Å². The Bertz CT molecular complexity index is 298. The van der Waals surface area contributed by atoms with Gasteiger partial charge < -0.3 is 5.73 Å². The molecular formula is C8H18N2O2S2. The Kier molecular flexibility index (Phi) is 4.97. The lowest BCUT2D eigenvalue weighted by Gasteiger charge is -2.26. The van der Waals surface area contributed by atoms with E-state index >= 15 is 0 Å². The minimum Gasteiger partial charge on any atom is -0.392 e. The smallest absolute Gasteiger partial charge is 0.220 e. The molecule has 84 valence electrons. The van der Waals surface area contributed by atoms with Gasteiger partial charge in [-0.25, -0.2) is 12.7 Å². The topological polar surface area (TPSA) is 63.4 Å². The number of thiocarbonyl (C=S) groups is 1. The fourth-order valence-corrected chi connectivity index (χ4v) is 2.71. The van der Waals surface area contributed by atoms with Crippen LogP contribution in [0.1, 0.15) is 20.8 Å². The number of nitrogens with zero attached hydrogens (tertiary/aromatic N) is 1. The van der Waals surface area contributed by atoms with E-state index in [1.54, 1.807) is 7.05 Å². The van der Waals surface area contributed by atoms with Crippen LogP contribution in [0.5, 0.6) is 0 Å². The molecule has 1 unspecified atom stereocenters. The van der Waals surface area contributed by atoms with Crippen LogP contribution in [-0.4, -0.2) is 36.6 Å². The summed E-state index contributed by atoms with van der Waals surface area (Å²) < 4.78 is 24.6. The molecule has 0 aliphatic heterocycles. The predicted octanol–water partition coefficient (Wildman–Crippen LogP) is 0.579. The average Bonchev–Trinajstić information content (AvgIpc) is 1.99. The normalized spacial score (nSPS) is 14.7. The molecule has 4 nitrogen and oxygen atoms in total. The van der Waals surface area contributed by atoms with Gasteiger partial charge in [-0.1, -0.05) is 26.1 Å². The van der Waals surface area contributed by atoms with Gasteiger partial charge in [0.2, 0.25) is 10.0 Å². The molecule has 0 amide bonds. The fraction of sp³-hybridized carbons (Fsp3) is 0.875. The van der Waals surface area contributed by atoms with Crippen LogP contribution in [0.2, 0.25) is 0 Å². The maximum Gasteiger partial charge on any atom is 0.220 e. The van der Waals surface area contributed by atoms with Crippen molar-refractivity contribution in [2.45, 2.75) is 26.8 Å². The molecule has 0 bridgehead atoms. The molecule has 6 heteroatoms. The van der Waals surface area contributed by atoms with Gasteiger partial charge in [-0.15, -0.1) is 0 Å². The maximum atomic E-state index is 11.6. The Morgan fingerprint density at radius 3 is 2.14 bits per heavy atom. The molecule has 0 saturated carbocycles. The molecule has 0 aliphatic rings. The molecule has 14 heavy (non-hydrogen) atoms. The molecule has 0 aromatic rings. The molecule has 0 aliphatic carbocycles. The van der Waals surface area contributed by atoms with Gasteiger partial charge >= 0.3 is 0 Å². The van der Waals surface area contributed by atoms with Crippen molar-refractivity contribution in [1.29, 1.82) is 0 Å². The van der Waals surface area contributed by atoms with E-state index in [9.17, 15) is 8.42 Å². The lowest BCUT2D eigenvalue weighted by Crippen LogP contribution is -2.41. The number of rotatable bonds is 5. The summed E-state index contributed by atoms with van der Waals surface area (Å²) in [7, 11) is -1.78. The van der Waals surface area contributed by atoms with Crippen molar-refractivity contribution in [2.24, 2.45) is 11.7 Å². The lowest BCUT2D eigenvalue weighted by molar-refractivity contribution is 0.317. The van der Waals surface area contributed by atoms with Gasteiger partial charge in [0.25, 0.3) is 0 Å². The van der Waals surface area contributed by atoms with Crippen molar-refractivity contribution < 1.29 is 8.42 Å². The minimum absolute atomic E-state index is 0.00723. The molecule has 0 heterocycles. The second-order valence-electron chi connectivity index (χ2n) is 3.72. The Hall–Kier alpha value is -0.200. The molecule has 2 N–H and O–H groups in total. The third-order valence-corrected chi connectivity index (χ3v) is 4.51. The van der Waals surface area contributed by atoms with E-state index in [4.69, 9.17) is 5.73 Å². The summed E-state index contributed by atoms with van der Waals surface area (Å²) in [5.41, 5.74) is 5.22. The summed E-state index contributed by atoms with van der Waals surface area (Å²) in [4.78, 5) is 0.00723. The van der Waals surface area contributed by atoms with Crippen LogP contribution in [-0.2, 0) is 10.0 Å². The second-order valence-corrected chi connectivity index (χ2v) is 6.28. The van der Waals surface area contributed by atoms with Gasteiger partial charge in [0.05, 0.1) is 4.99 Å². The Balaban J connectivity index is 4.67. The fourth-order valence-electron chi connectivity index (χ4n) is 0.955. The number of hydrogen-bond donors (Lipinski definition) is 1. The molecule has 0 radical (unpaired) electrons. The van der Waals surface area contributed by atoms with Crippen LogP contribution in [0.4, 0.5) is 0 Å². The number of sulfonamides is 1. The molecule has 0 spiro atoms. The van der Waals surface area contributed by atoms with E-state index < -0.39 is 10.0 Å². The summed E-state index contributed by atoms with van der Waals surface area (Å²) in [6.07, 6.45) is 0. The van der Waals surface area contributed by atoms with Gasteiger partial charge in [0.15, 0.2) is 0 Å². The number of nitrogens with two attached hydrogens (primary N) is 1. The van der Waals surface area contributed by atoms with Gasteiger partial charge in [0.1, 0.15) is 5.75 Å². The molecule has 0 saturated heterocycles. The van der Waals surface area contributed by atoms with Gasteiger partial charge in [-0.2, -0.15) is 0 Å². The van der Waals surface area contributed by atoms with Crippen molar-refractivity contribution in [3.05, 3.63) is 0 Å². The van der Waals surface area contributed by atoms with Crippen molar-refractivity contribution in [2.75, 3.05) is 12.8 Å². The quantitative estimate of drug-likeness (QED) is 0.712. The van der Waals surface area contributed by atoms with Gasteiger partial charge in [0, 0.05) is 13.1 Å². The first-order valence-corrected chi connectivity index (χ1v) is 6.44. The summed E-state index contributed by atoms with van der Waals surface area (Å²) in [5, 5.41) is 0. The predicted molar refractivity (Wildman–Crippen MR) is 62.6 cm³/mol. The SMILES string of the molecule is CC(C)C(C)N(C)S(=O)(=O)CC(N)=S. The van der Waals surface area contributed by atoms with Crippen molar-refractivity contribution >= 4 is 27.2 Å². The highest BCUT2D eigenvalue weighted by Crippen LogP contribution is 2.12. The standard InChI is InChI=1S/C8H18N2O2S2/c1-6(2)7(3)10(4)14(11,12)5-8(9)13/h6-7H,5H2,1-4H3,(H2,9,13). The van der Waals surface area contributed by atoms with Gasteiger partial charge in [-0.05, 0) is 12.8 Å². The number of hydrogen-bond acceptors (Lipinski definition) is 3. The Morgan fingerprint density at radius 1 is 1.43 bits per heavy atom. The van der Waals surface area contributed by atoms with Crippen LogP contribution >= 0.6 is 12.2 Å². The van der Waals surface area contributed by atoms with E-state index in [0.717, 1.165) is 0 Å². The first-order valence-electron chi connectivity index (χ1n) is 4.42. The highest BCUT2D eigenvalue weighted by Gasteiger charge is 2.25. The van der Waals surface area contributed by atoms with Crippen LogP contribution in [0.25, 0.3) is 0 Å². The molecular weight excluding hydrogens is 220 g/mol. The summed E-state index contributed by atoms with van der Waals surface area (Å²) >= 11 is 4.59. The van der Waals surface area contributed by atoms with Crippen molar-refractivity contribution in [3.63, 3.8) is 0 Å². The highest BCUT2D eigenvalue weighted by atomic mass is 32.2. The zero-order valence-electron chi connectivity index (χ0n) is 9.02. The van der Waals surface area contributed by atoms with Gasteiger partial charge in [-0.3, -0.25) is 0 Å². The van der Waals surface area contributed by atoms with Crippen molar-refractivity contribution in [3.8, 4) is 0 Å². The average molecular weight is 238 g/mol. The maximum absolute atomic E-state index is 11.6. The van der Waals surface area contributed by atoms with Crippen molar-refractivity contribution in [1.82, 2.24) is 4.31 Å². The zero-order valence-corrected chi connectivity index (χ0v) is 10.7. The van der Waals surface area contributed by atoms with E-state index in [-0.39, 0.29) is 22.7 Å². The molecule has 0 aromatic carbocycles. The lowest BCUT2D eigenvalue weighted by atomic mass is 10.1. The molecule has 0 fully saturated rings. The second kappa shape index (κ2) is 5.04. The van der Waals surface area contributed by atoms with Crippen LogP contribution in [0.15, 0.2) is 0 Å². The van der Waals surface area contributed by atoms with E-state index in [0.29, 0.717) is 0 Å². The molecule has 1 atom stereocenters. The molecule has 0 rings (SSSR count). The largest absolute Gasteiger partial charge is 0.392 e. The Morgan fingerprint density at radius 2 is 1.86 bits per heavy atom. The summed E-state index contributed by atoms with van der Waals surface area (Å²) in [5.74, 6) is 0.0109. The highest BCUT2D eigenvalue weighted by molar-refractivity contribution is 7.92. The summed E-state index contributed by atoms with van der Waals surface area (Å²) in [6.45, 7) is 5.80. The molecule has 0 aromatic heterocycles. The minimum atomic E-state index is -3.34. The third kappa shape index (κ3) is 3.89. The zero-order chi connectivity index (χ0) is 11.5.